The minimum absolute atomic E-state index is 0.152. The van der Waals surface area contributed by atoms with Gasteiger partial charge >= 0.3 is 5.97 Å². The second kappa shape index (κ2) is 8.80. The third kappa shape index (κ3) is 4.62. The van der Waals surface area contributed by atoms with Crippen LogP contribution in [0.25, 0.3) is 11.0 Å². The molecule has 0 aliphatic carbocycles. The minimum atomic E-state index is -1.09. The Bertz CT molecular complexity index is 1150. The lowest BCUT2D eigenvalue weighted by Crippen LogP contribution is -2.45. The van der Waals surface area contributed by atoms with Crippen LogP contribution < -0.4 is 9.64 Å². The van der Waals surface area contributed by atoms with Crippen molar-refractivity contribution in [2.45, 2.75) is 12.0 Å². The Morgan fingerprint density at radius 2 is 2.03 bits per heavy atom. The molecule has 0 radical (unpaired) electrons. The van der Waals surface area contributed by atoms with Crippen molar-refractivity contribution in [1.82, 2.24) is 14.9 Å². The fourth-order valence-corrected chi connectivity index (χ4v) is 4.01. The Kier molecular flexibility index (Phi) is 5.91. The Hall–Kier alpha value is -3.72. The van der Waals surface area contributed by atoms with Crippen LogP contribution >= 0.6 is 0 Å². The number of aromatic nitrogens is 2. The van der Waals surface area contributed by atoms with E-state index in [-0.39, 0.29) is 12.5 Å². The molecular formula is C23H24N4O5. The number of benzene rings is 1. The lowest BCUT2D eigenvalue weighted by atomic mass is 10.0. The van der Waals surface area contributed by atoms with Crippen molar-refractivity contribution in [3.8, 4) is 5.75 Å². The van der Waals surface area contributed by atoms with E-state index in [1.807, 2.05) is 18.2 Å². The normalized spacial score (nSPS) is 18.0. The highest BCUT2D eigenvalue weighted by Crippen LogP contribution is 2.31. The van der Waals surface area contributed by atoms with E-state index in [2.05, 4.69) is 14.9 Å². The summed E-state index contributed by atoms with van der Waals surface area (Å²) in [4.78, 5) is 35.9. The number of hydrogen-bond donors (Lipinski definition) is 2. The van der Waals surface area contributed by atoms with Crippen LogP contribution in [0.2, 0.25) is 0 Å². The van der Waals surface area contributed by atoms with Crippen molar-refractivity contribution in [3.05, 3.63) is 60.4 Å². The molecule has 2 aromatic heterocycles. The van der Waals surface area contributed by atoms with Gasteiger partial charge in [0.15, 0.2) is 6.61 Å². The molecule has 1 aliphatic heterocycles. The molecule has 1 aliphatic rings. The largest absolute Gasteiger partial charge is 0.482 e. The van der Waals surface area contributed by atoms with E-state index >= 15 is 0 Å². The summed E-state index contributed by atoms with van der Waals surface area (Å²) in [5.41, 5.74) is 1.76. The molecule has 2 N–H and O–H groups in total. The summed E-state index contributed by atoms with van der Waals surface area (Å²) in [6, 6.07) is 12.0. The van der Waals surface area contributed by atoms with Crippen LogP contribution in [0, 0.1) is 0 Å². The SMILES string of the molecule is CN(C[C@]1(O)CCN(c2ccnc3cccnc23)C1)C(=O)c1cccc(OCC(=O)O)c1. The van der Waals surface area contributed by atoms with Gasteiger partial charge in [0.25, 0.3) is 5.91 Å². The van der Waals surface area contributed by atoms with E-state index < -0.39 is 18.2 Å². The molecule has 1 amide bonds. The first kappa shape index (κ1) is 21.5. The minimum Gasteiger partial charge on any atom is -0.482 e. The van der Waals surface area contributed by atoms with E-state index in [4.69, 9.17) is 9.84 Å². The molecule has 1 saturated heterocycles. The fraction of sp³-hybridized carbons (Fsp3) is 0.304. The Balaban J connectivity index is 1.44. The predicted molar refractivity (Wildman–Crippen MR) is 118 cm³/mol. The smallest absolute Gasteiger partial charge is 0.341 e. The maximum Gasteiger partial charge on any atom is 0.341 e. The number of carboxylic acid groups (broad SMARTS) is 1. The fourth-order valence-electron chi connectivity index (χ4n) is 4.01. The van der Waals surface area contributed by atoms with Gasteiger partial charge in [-0.3, -0.25) is 14.8 Å². The Morgan fingerprint density at radius 1 is 1.19 bits per heavy atom. The van der Waals surface area contributed by atoms with Gasteiger partial charge < -0.3 is 24.7 Å². The number of pyridine rings is 2. The molecule has 9 nitrogen and oxygen atoms in total. The third-order valence-corrected chi connectivity index (χ3v) is 5.47. The lowest BCUT2D eigenvalue weighted by molar-refractivity contribution is -0.139. The number of likely N-dealkylation sites (N-methyl/N-ethyl adjacent to an activating group) is 1. The number of β-amino-alcohol motifs (C(OH)–C–C–N with tert-alkyl or cyclic N) is 1. The van der Waals surface area contributed by atoms with Crippen LogP contribution in [-0.4, -0.2) is 75.8 Å². The average molecular weight is 436 g/mol. The van der Waals surface area contributed by atoms with Gasteiger partial charge in [-0.2, -0.15) is 0 Å². The highest BCUT2D eigenvalue weighted by atomic mass is 16.5. The zero-order chi connectivity index (χ0) is 22.7. The number of carbonyl (C=O) groups is 2. The summed E-state index contributed by atoms with van der Waals surface area (Å²) in [6.45, 7) is 0.662. The summed E-state index contributed by atoms with van der Waals surface area (Å²) in [5, 5.41) is 20.0. The molecule has 4 rings (SSSR count). The van der Waals surface area contributed by atoms with Crippen LogP contribution in [0.5, 0.6) is 5.75 Å². The first-order chi connectivity index (χ1) is 15.3. The van der Waals surface area contributed by atoms with Crippen molar-refractivity contribution in [1.29, 1.82) is 0 Å². The van der Waals surface area contributed by atoms with Gasteiger partial charge in [-0.1, -0.05) is 6.07 Å². The molecule has 166 valence electrons. The average Bonchev–Trinajstić information content (AvgIpc) is 3.18. The number of amides is 1. The van der Waals surface area contributed by atoms with Gasteiger partial charge in [0.05, 0.1) is 17.7 Å². The van der Waals surface area contributed by atoms with E-state index in [9.17, 15) is 14.7 Å². The van der Waals surface area contributed by atoms with E-state index in [0.29, 0.717) is 30.8 Å². The number of aliphatic carboxylic acids is 1. The van der Waals surface area contributed by atoms with Gasteiger partial charge in [0.2, 0.25) is 0 Å². The third-order valence-electron chi connectivity index (χ3n) is 5.47. The number of hydrogen-bond acceptors (Lipinski definition) is 7. The highest BCUT2D eigenvalue weighted by Gasteiger charge is 2.38. The van der Waals surface area contributed by atoms with Gasteiger partial charge in [0, 0.05) is 38.1 Å². The highest BCUT2D eigenvalue weighted by molar-refractivity contribution is 5.94. The lowest BCUT2D eigenvalue weighted by Gasteiger charge is -2.29. The second-order valence-corrected chi connectivity index (χ2v) is 7.97. The number of rotatable bonds is 7. The summed E-state index contributed by atoms with van der Waals surface area (Å²) < 4.78 is 5.15. The van der Waals surface area contributed by atoms with Crippen molar-refractivity contribution in [2.75, 3.05) is 38.2 Å². The molecule has 0 saturated carbocycles. The summed E-state index contributed by atoms with van der Waals surface area (Å²) in [7, 11) is 1.64. The number of carboxylic acids is 1. The predicted octanol–water partition coefficient (Wildman–Crippen LogP) is 1.81. The van der Waals surface area contributed by atoms with Crippen LogP contribution in [0.1, 0.15) is 16.8 Å². The molecule has 0 spiro atoms. The summed E-state index contributed by atoms with van der Waals surface area (Å²) in [6.07, 6.45) is 3.95. The molecule has 32 heavy (non-hydrogen) atoms. The zero-order valence-electron chi connectivity index (χ0n) is 17.6. The monoisotopic (exact) mass is 436 g/mol. The van der Waals surface area contributed by atoms with Gasteiger partial charge in [0.1, 0.15) is 16.9 Å². The first-order valence-electron chi connectivity index (χ1n) is 10.2. The molecule has 3 aromatic rings. The van der Waals surface area contributed by atoms with Gasteiger partial charge in [-0.05, 0) is 42.8 Å². The van der Waals surface area contributed by atoms with Crippen LogP contribution in [0.4, 0.5) is 5.69 Å². The van der Waals surface area contributed by atoms with Gasteiger partial charge in [-0.25, -0.2) is 4.79 Å². The number of anilines is 1. The number of ether oxygens (including phenoxy) is 1. The quantitative estimate of drug-likeness (QED) is 0.576. The van der Waals surface area contributed by atoms with Crippen LogP contribution in [0.15, 0.2) is 54.9 Å². The van der Waals surface area contributed by atoms with Crippen molar-refractivity contribution in [2.24, 2.45) is 0 Å². The van der Waals surface area contributed by atoms with Crippen molar-refractivity contribution < 1.29 is 24.5 Å². The van der Waals surface area contributed by atoms with E-state index in [1.54, 1.807) is 37.6 Å². The van der Waals surface area contributed by atoms with Crippen LogP contribution in [-0.2, 0) is 4.79 Å². The maximum atomic E-state index is 12.9. The topological polar surface area (TPSA) is 116 Å². The molecular weight excluding hydrogens is 412 g/mol. The Labute approximate surface area is 184 Å². The number of aliphatic hydroxyl groups is 1. The molecule has 3 heterocycles. The number of carbonyl (C=O) groups excluding carboxylic acids is 1. The molecule has 9 heteroatoms. The van der Waals surface area contributed by atoms with Crippen LogP contribution in [0.3, 0.4) is 0 Å². The molecule has 1 atom stereocenters. The standard InChI is InChI=1S/C23H24N4O5/c1-26(22(30)16-4-2-5-17(12-16)32-13-20(28)29)14-23(31)8-11-27(15-23)19-7-10-24-18-6-3-9-25-21(18)19/h2-7,9-10,12,31H,8,11,13-15H2,1H3,(H,28,29)/t23-/m1/s1. The molecule has 0 bridgehead atoms. The van der Waals surface area contributed by atoms with Crippen molar-refractivity contribution in [3.63, 3.8) is 0 Å². The first-order valence-corrected chi connectivity index (χ1v) is 10.2. The van der Waals surface area contributed by atoms with Crippen molar-refractivity contribution >= 4 is 28.6 Å². The summed E-state index contributed by atoms with van der Waals surface area (Å²) in [5.74, 6) is -1.08. The maximum absolute atomic E-state index is 12.9. The Morgan fingerprint density at radius 3 is 2.84 bits per heavy atom. The molecule has 0 unspecified atom stereocenters. The zero-order valence-corrected chi connectivity index (χ0v) is 17.6. The summed E-state index contributed by atoms with van der Waals surface area (Å²) >= 11 is 0. The van der Waals surface area contributed by atoms with E-state index in [1.165, 1.54) is 11.0 Å². The molecule has 1 aromatic carbocycles. The number of nitrogens with zero attached hydrogens (tertiary/aromatic N) is 4. The van der Waals surface area contributed by atoms with E-state index in [0.717, 1.165) is 16.7 Å². The second-order valence-electron chi connectivity index (χ2n) is 7.97. The molecule has 1 fully saturated rings. The van der Waals surface area contributed by atoms with Gasteiger partial charge in [-0.15, -0.1) is 0 Å². The number of fused-ring (bicyclic) bond motifs is 1.